The molecule has 4 bridgehead atoms. The van der Waals surface area contributed by atoms with Crippen LogP contribution in [0.4, 0.5) is 17.6 Å². The normalized spacial score (nSPS) is 35.0. The third-order valence-electron chi connectivity index (χ3n) is 5.75. The zero-order valence-electron chi connectivity index (χ0n) is 13.4. The number of hydrogen-bond acceptors (Lipinski definition) is 5. The zero-order valence-corrected chi connectivity index (χ0v) is 14.2. The Labute approximate surface area is 142 Å². The van der Waals surface area contributed by atoms with E-state index in [4.69, 9.17) is 0 Å². The molecule has 0 aromatic rings. The Morgan fingerprint density at radius 1 is 1.00 bits per heavy atom. The van der Waals surface area contributed by atoms with Gasteiger partial charge in [0.2, 0.25) is 0 Å². The highest BCUT2D eigenvalue weighted by atomic mass is 32.2. The molecule has 4 aliphatic rings. The van der Waals surface area contributed by atoms with Crippen molar-refractivity contribution in [3.05, 3.63) is 0 Å². The molecule has 0 radical (unpaired) electrons. The summed E-state index contributed by atoms with van der Waals surface area (Å²) in [4.78, 5) is 12.4. The maximum absolute atomic E-state index is 13.6. The maximum Gasteiger partial charge on any atom is 0.344 e. The minimum atomic E-state index is -5.56. The van der Waals surface area contributed by atoms with E-state index in [1.807, 2.05) is 0 Å². The topological polar surface area (TPSA) is 83.5 Å². The number of hydrogen-bond donors (Lipinski definition) is 0. The van der Waals surface area contributed by atoms with Crippen LogP contribution < -0.4 is 0 Å². The van der Waals surface area contributed by atoms with Crippen LogP contribution in [-0.4, -0.2) is 43.1 Å². The van der Waals surface area contributed by atoms with Crippen molar-refractivity contribution in [2.45, 2.75) is 50.4 Å². The van der Waals surface area contributed by atoms with Crippen molar-refractivity contribution in [3.63, 3.8) is 0 Å². The van der Waals surface area contributed by atoms with Gasteiger partial charge in [-0.2, -0.15) is 17.6 Å². The molecule has 0 N–H and O–H groups in total. The average Bonchev–Trinajstić information content (AvgIpc) is 2.40. The van der Waals surface area contributed by atoms with E-state index in [0.29, 0.717) is 37.0 Å². The first-order valence-electron chi connectivity index (χ1n) is 8.18. The molecule has 4 saturated carbocycles. The summed E-state index contributed by atoms with van der Waals surface area (Å²) in [6.45, 7) is -1.93. The predicted octanol–water partition coefficient (Wildman–Crippen LogP) is 2.56. The van der Waals surface area contributed by atoms with E-state index in [2.05, 4.69) is 4.74 Å². The van der Waals surface area contributed by atoms with Crippen LogP contribution in [-0.2, 0) is 19.6 Å². The van der Waals surface area contributed by atoms with E-state index in [0.717, 1.165) is 19.3 Å². The minimum Gasteiger partial charge on any atom is -0.748 e. The van der Waals surface area contributed by atoms with E-state index < -0.39 is 45.7 Å². The molecule has 4 aliphatic carbocycles. The summed E-state index contributed by atoms with van der Waals surface area (Å²) in [5.74, 6) is -12.5. The van der Waals surface area contributed by atoms with Crippen LogP contribution in [0.15, 0.2) is 0 Å². The van der Waals surface area contributed by atoms with Crippen molar-refractivity contribution in [2.75, 3.05) is 12.4 Å². The maximum atomic E-state index is 13.6. The lowest BCUT2D eigenvalue weighted by Gasteiger charge is -2.55. The van der Waals surface area contributed by atoms with Crippen molar-refractivity contribution in [1.82, 2.24) is 0 Å². The molecule has 4 fully saturated rings. The third-order valence-corrected chi connectivity index (χ3v) is 6.47. The van der Waals surface area contributed by atoms with Crippen LogP contribution in [0.2, 0.25) is 0 Å². The molecule has 0 spiro atoms. The summed E-state index contributed by atoms with van der Waals surface area (Å²) in [6.07, 6.45) is 4.57. The molecule has 10 heteroatoms. The smallest absolute Gasteiger partial charge is 0.344 e. The van der Waals surface area contributed by atoms with Crippen molar-refractivity contribution in [3.8, 4) is 0 Å². The molecular weight excluding hydrogens is 368 g/mol. The van der Waals surface area contributed by atoms with Crippen molar-refractivity contribution in [1.29, 1.82) is 0 Å². The Morgan fingerprint density at radius 3 is 1.84 bits per heavy atom. The quantitative estimate of drug-likeness (QED) is 0.397. The fourth-order valence-corrected chi connectivity index (χ4v) is 5.76. The van der Waals surface area contributed by atoms with Gasteiger partial charge < -0.3 is 9.29 Å². The molecule has 0 aromatic heterocycles. The van der Waals surface area contributed by atoms with E-state index in [9.17, 15) is 35.3 Å². The van der Waals surface area contributed by atoms with E-state index >= 15 is 0 Å². The van der Waals surface area contributed by atoms with Gasteiger partial charge in [0.15, 0.2) is 6.61 Å². The highest BCUT2D eigenvalue weighted by Gasteiger charge is 2.60. The number of carbonyl (C=O) groups is 1. The Hall–Kier alpha value is -0.900. The van der Waals surface area contributed by atoms with Crippen LogP contribution in [0.1, 0.15) is 38.5 Å². The molecule has 0 aliphatic heterocycles. The summed E-state index contributed by atoms with van der Waals surface area (Å²) in [5.41, 5.74) is -0.884. The highest BCUT2D eigenvalue weighted by molar-refractivity contribution is 7.85. The van der Waals surface area contributed by atoms with Crippen molar-refractivity contribution < 1.29 is 40.1 Å². The molecule has 0 aromatic carbocycles. The molecule has 144 valence electrons. The lowest BCUT2D eigenvalue weighted by atomic mass is 9.49. The summed E-state index contributed by atoms with van der Waals surface area (Å²) in [6, 6.07) is 0. The van der Waals surface area contributed by atoms with Gasteiger partial charge in [-0.1, -0.05) is 0 Å². The minimum absolute atomic E-state index is 0.339. The second-order valence-corrected chi connectivity index (χ2v) is 9.29. The number of alkyl halides is 4. The van der Waals surface area contributed by atoms with Crippen molar-refractivity contribution in [2.24, 2.45) is 23.2 Å². The number of carbonyl (C=O) groups excluding carboxylic acids is 1. The van der Waals surface area contributed by atoms with Gasteiger partial charge in [-0.25, -0.2) is 8.42 Å². The molecule has 0 amide bonds. The summed E-state index contributed by atoms with van der Waals surface area (Å²) < 4.78 is 89.7. The van der Waals surface area contributed by atoms with Gasteiger partial charge in [-0.3, -0.25) is 4.79 Å². The second-order valence-electron chi connectivity index (χ2n) is 7.88. The van der Waals surface area contributed by atoms with Crippen LogP contribution in [0.3, 0.4) is 0 Å². The molecular formula is C15H19F4O5S-. The lowest BCUT2D eigenvalue weighted by molar-refractivity contribution is -0.227. The summed E-state index contributed by atoms with van der Waals surface area (Å²) >= 11 is 0. The van der Waals surface area contributed by atoms with Gasteiger partial charge in [0, 0.05) is 0 Å². The van der Waals surface area contributed by atoms with Gasteiger partial charge in [0.25, 0.3) is 0 Å². The second kappa shape index (κ2) is 5.80. The van der Waals surface area contributed by atoms with E-state index in [1.54, 1.807) is 0 Å². The van der Waals surface area contributed by atoms with E-state index in [-0.39, 0.29) is 0 Å². The van der Waals surface area contributed by atoms with Gasteiger partial charge in [-0.05, 0) is 56.3 Å². The first-order chi connectivity index (χ1) is 11.3. The average molecular weight is 387 g/mol. The first-order valence-corrected chi connectivity index (χ1v) is 9.76. The fraction of sp³-hybridized carbons (Fsp3) is 0.933. The van der Waals surface area contributed by atoms with Gasteiger partial charge in [-0.15, -0.1) is 0 Å². The van der Waals surface area contributed by atoms with E-state index in [1.165, 1.54) is 0 Å². The Morgan fingerprint density at radius 2 is 1.44 bits per heavy atom. The number of ether oxygens (including phenoxy) is 1. The SMILES string of the molecule is O=C(OCC(F)(F)C(F)(F)CS(=O)(=O)[O-])C12CC3CC(CC(C3)C1)C2. The highest BCUT2D eigenvalue weighted by Crippen LogP contribution is 2.60. The summed E-state index contributed by atoms with van der Waals surface area (Å²) in [5, 5.41) is 0. The number of rotatable bonds is 6. The van der Waals surface area contributed by atoms with Crippen LogP contribution in [0, 0.1) is 23.2 Å². The molecule has 0 heterocycles. The van der Waals surface area contributed by atoms with Gasteiger partial charge in [0.05, 0.1) is 5.41 Å². The van der Waals surface area contributed by atoms with Crippen LogP contribution in [0.25, 0.3) is 0 Å². The standard InChI is InChI=1S/C15H20F4O5S/c16-14(17,15(18,19)8-25(21,22)23)7-24-12(20)13-4-9-1-10(5-13)3-11(2-9)6-13/h9-11H,1-8H2,(H,21,22,23)/p-1. The first kappa shape index (κ1) is 18.9. The fourth-order valence-electron chi connectivity index (χ4n) is 5.10. The van der Waals surface area contributed by atoms with Crippen LogP contribution in [0.5, 0.6) is 0 Å². The molecule has 25 heavy (non-hydrogen) atoms. The molecule has 5 nitrogen and oxygen atoms in total. The molecule has 0 atom stereocenters. The number of esters is 1. The summed E-state index contributed by atoms with van der Waals surface area (Å²) in [7, 11) is -5.56. The Bertz CT molecular complexity index is 626. The Balaban J connectivity index is 1.66. The van der Waals surface area contributed by atoms with Gasteiger partial charge >= 0.3 is 17.8 Å². The van der Waals surface area contributed by atoms with Gasteiger partial charge in [0.1, 0.15) is 15.9 Å². The lowest BCUT2D eigenvalue weighted by Crippen LogP contribution is -2.53. The third kappa shape index (κ3) is 3.65. The van der Waals surface area contributed by atoms with Crippen LogP contribution >= 0.6 is 0 Å². The molecule has 0 saturated heterocycles. The predicted molar refractivity (Wildman–Crippen MR) is 76.0 cm³/mol. The molecule has 4 rings (SSSR count). The zero-order chi connectivity index (χ0) is 18.7. The Kier molecular flexibility index (Phi) is 4.38. The number of halogens is 4. The molecule has 0 unspecified atom stereocenters. The largest absolute Gasteiger partial charge is 0.748 e. The van der Waals surface area contributed by atoms with Crippen molar-refractivity contribution >= 4 is 16.1 Å². The monoisotopic (exact) mass is 387 g/mol.